The van der Waals surface area contributed by atoms with Crippen LogP contribution in [0, 0.1) is 5.41 Å². The van der Waals surface area contributed by atoms with E-state index in [1.54, 1.807) is 26.0 Å². The number of amides is 2. The van der Waals surface area contributed by atoms with Crippen LogP contribution in [0.1, 0.15) is 42.8 Å². The summed E-state index contributed by atoms with van der Waals surface area (Å²) < 4.78 is 49.2. The summed E-state index contributed by atoms with van der Waals surface area (Å²) in [6.45, 7) is 3.22. The van der Waals surface area contributed by atoms with Crippen LogP contribution in [0.15, 0.2) is 64.4 Å². The number of nitrogens with one attached hydrogen (secondary N) is 1. The molecule has 0 unspecified atom stereocenters. The van der Waals surface area contributed by atoms with Gasteiger partial charge in [-0.15, -0.1) is 0 Å². The zero-order chi connectivity index (χ0) is 23.3. The molecule has 9 heteroatoms. The second kappa shape index (κ2) is 7.36. The zero-order valence-electron chi connectivity index (χ0n) is 17.5. The molecule has 2 heterocycles. The molecule has 0 saturated heterocycles. The van der Waals surface area contributed by atoms with Crippen LogP contribution in [-0.4, -0.2) is 34.2 Å². The Labute approximate surface area is 182 Å². The third-order valence-corrected chi connectivity index (χ3v) is 5.78. The first-order valence-electron chi connectivity index (χ1n) is 10.0. The van der Waals surface area contributed by atoms with Crippen LogP contribution in [-0.2, 0) is 16.1 Å². The molecule has 0 fully saturated rings. The summed E-state index contributed by atoms with van der Waals surface area (Å²) in [7, 11) is 0. The monoisotopic (exact) mass is 446 g/mol. The summed E-state index contributed by atoms with van der Waals surface area (Å²) in [6.07, 6.45) is -4.01. The SMILES string of the molecule is CC1(C)CC(=O)C2=C(C1)N(Cc1ccco1)C(=O)[C@]2(NC(=O)c1ccccc1)C(F)(F)F. The van der Waals surface area contributed by atoms with Crippen molar-refractivity contribution in [2.24, 2.45) is 5.41 Å². The van der Waals surface area contributed by atoms with Crippen molar-refractivity contribution < 1.29 is 32.0 Å². The predicted molar refractivity (Wildman–Crippen MR) is 107 cm³/mol. The molecule has 32 heavy (non-hydrogen) atoms. The lowest BCUT2D eigenvalue weighted by molar-refractivity contribution is -0.191. The maximum atomic E-state index is 14.7. The van der Waals surface area contributed by atoms with Gasteiger partial charge < -0.3 is 14.6 Å². The first kappa shape index (κ1) is 21.9. The largest absolute Gasteiger partial charge is 0.467 e. The summed E-state index contributed by atoms with van der Waals surface area (Å²) in [5.41, 5.74) is -4.90. The fourth-order valence-corrected chi connectivity index (χ4v) is 4.38. The molecule has 4 rings (SSSR count). The van der Waals surface area contributed by atoms with Crippen LogP contribution in [0.5, 0.6) is 0 Å². The molecular weight excluding hydrogens is 425 g/mol. The lowest BCUT2D eigenvalue weighted by atomic mass is 9.72. The van der Waals surface area contributed by atoms with Gasteiger partial charge >= 0.3 is 6.18 Å². The summed E-state index contributed by atoms with van der Waals surface area (Å²) in [4.78, 5) is 40.2. The van der Waals surface area contributed by atoms with Gasteiger partial charge in [0, 0.05) is 17.7 Å². The highest BCUT2D eigenvalue weighted by molar-refractivity contribution is 6.14. The minimum atomic E-state index is -5.25. The summed E-state index contributed by atoms with van der Waals surface area (Å²) in [5, 5.41) is 1.90. The van der Waals surface area contributed by atoms with Crippen LogP contribution in [0.25, 0.3) is 0 Å². The van der Waals surface area contributed by atoms with Crippen LogP contribution in [0.3, 0.4) is 0 Å². The van der Waals surface area contributed by atoms with Crippen molar-refractivity contribution in [1.29, 1.82) is 0 Å². The molecule has 0 radical (unpaired) electrons. The Kier molecular flexibility index (Phi) is 5.02. The van der Waals surface area contributed by atoms with E-state index >= 15 is 0 Å². The van der Waals surface area contributed by atoms with Gasteiger partial charge in [0.25, 0.3) is 11.8 Å². The van der Waals surface area contributed by atoms with Gasteiger partial charge in [-0.05, 0) is 36.1 Å². The van der Waals surface area contributed by atoms with E-state index in [4.69, 9.17) is 4.42 Å². The van der Waals surface area contributed by atoms with Crippen LogP contribution >= 0.6 is 0 Å². The summed E-state index contributed by atoms with van der Waals surface area (Å²) in [6, 6.07) is 10.3. The molecule has 1 aromatic carbocycles. The van der Waals surface area contributed by atoms with Crippen molar-refractivity contribution in [2.45, 2.75) is 44.9 Å². The van der Waals surface area contributed by atoms with Gasteiger partial charge in [-0.25, -0.2) is 0 Å². The van der Waals surface area contributed by atoms with Crippen LogP contribution in [0.4, 0.5) is 13.2 Å². The van der Waals surface area contributed by atoms with Gasteiger partial charge in [-0.2, -0.15) is 13.2 Å². The number of hydrogen-bond donors (Lipinski definition) is 1. The van der Waals surface area contributed by atoms with Crippen molar-refractivity contribution >= 4 is 17.6 Å². The molecule has 0 spiro atoms. The van der Waals surface area contributed by atoms with Crippen molar-refractivity contribution in [3.63, 3.8) is 0 Å². The molecule has 1 atom stereocenters. The third kappa shape index (κ3) is 3.41. The number of rotatable bonds is 4. The van der Waals surface area contributed by atoms with Crippen molar-refractivity contribution in [1.82, 2.24) is 10.2 Å². The van der Waals surface area contributed by atoms with Gasteiger partial charge in [-0.1, -0.05) is 32.0 Å². The molecule has 0 bridgehead atoms. The number of benzene rings is 1. The van der Waals surface area contributed by atoms with E-state index < -0.39 is 40.3 Å². The van der Waals surface area contributed by atoms with E-state index in [0.29, 0.717) is 0 Å². The Morgan fingerprint density at radius 2 is 1.78 bits per heavy atom. The van der Waals surface area contributed by atoms with E-state index in [0.717, 1.165) is 4.90 Å². The number of carbonyl (C=O) groups is 3. The third-order valence-electron chi connectivity index (χ3n) is 5.78. The maximum absolute atomic E-state index is 14.7. The minimum absolute atomic E-state index is 0.0293. The van der Waals surface area contributed by atoms with E-state index in [1.807, 2.05) is 5.32 Å². The number of ketones is 1. The average Bonchev–Trinajstić information content (AvgIpc) is 3.29. The van der Waals surface area contributed by atoms with Gasteiger partial charge in [0.15, 0.2) is 5.78 Å². The van der Waals surface area contributed by atoms with Gasteiger partial charge in [0.1, 0.15) is 5.76 Å². The van der Waals surface area contributed by atoms with Crippen molar-refractivity contribution in [3.05, 3.63) is 71.3 Å². The zero-order valence-corrected chi connectivity index (χ0v) is 17.5. The molecule has 0 saturated carbocycles. The van der Waals surface area contributed by atoms with Crippen molar-refractivity contribution in [3.8, 4) is 0 Å². The summed E-state index contributed by atoms with van der Waals surface area (Å²) >= 11 is 0. The smallest absolute Gasteiger partial charge is 0.425 e. The Bertz CT molecular complexity index is 1100. The molecule has 6 nitrogen and oxygen atoms in total. The number of halogens is 3. The Morgan fingerprint density at radius 3 is 2.38 bits per heavy atom. The second-order valence-electron chi connectivity index (χ2n) is 8.80. The Morgan fingerprint density at radius 1 is 1.09 bits per heavy atom. The number of hydrogen-bond acceptors (Lipinski definition) is 4. The molecule has 2 amide bonds. The number of alkyl halides is 3. The minimum Gasteiger partial charge on any atom is -0.467 e. The van der Waals surface area contributed by atoms with E-state index in [9.17, 15) is 27.6 Å². The average molecular weight is 446 g/mol. The van der Waals surface area contributed by atoms with Gasteiger partial charge in [0.2, 0.25) is 5.54 Å². The van der Waals surface area contributed by atoms with Gasteiger partial charge in [-0.3, -0.25) is 14.4 Å². The fraction of sp³-hybridized carbons (Fsp3) is 0.348. The predicted octanol–water partition coefficient (Wildman–Crippen LogP) is 4.00. The number of nitrogens with zero attached hydrogens (tertiary/aromatic N) is 1. The number of carbonyl (C=O) groups excluding carboxylic acids is 3. The van der Waals surface area contributed by atoms with E-state index in [1.165, 1.54) is 36.6 Å². The highest BCUT2D eigenvalue weighted by Gasteiger charge is 2.71. The van der Waals surface area contributed by atoms with E-state index in [2.05, 4.69) is 0 Å². The fourth-order valence-electron chi connectivity index (χ4n) is 4.38. The molecule has 168 valence electrons. The first-order valence-corrected chi connectivity index (χ1v) is 10.0. The highest BCUT2D eigenvalue weighted by atomic mass is 19.4. The first-order chi connectivity index (χ1) is 15.0. The van der Waals surface area contributed by atoms with E-state index in [-0.39, 0.29) is 36.4 Å². The van der Waals surface area contributed by atoms with Crippen LogP contribution < -0.4 is 5.32 Å². The molecule has 1 N–H and O–H groups in total. The molecule has 1 aromatic heterocycles. The number of allylic oxidation sites excluding steroid dienone is 1. The van der Waals surface area contributed by atoms with Crippen LogP contribution in [0.2, 0.25) is 0 Å². The molecule has 2 aliphatic rings. The molecule has 2 aromatic rings. The lowest BCUT2D eigenvalue weighted by Gasteiger charge is -2.35. The standard InChI is InChI=1S/C23H21F3N2O4/c1-21(2)11-16-18(17(29)12-21)22(23(24,25)26,27-19(30)14-7-4-3-5-8-14)20(31)28(16)13-15-9-6-10-32-15/h3-10H,11-13H2,1-2H3,(H,27,30)/t22-/m0/s1. The number of furan rings is 1. The molecule has 1 aliphatic carbocycles. The second-order valence-corrected chi connectivity index (χ2v) is 8.80. The highest BCUT2D eigenvalue weighted by Crippen LogP contribution is 2.52. The number of Topliss-reactive ketones (excluding diaryl/α,β-unsaturated/α-hetero) is 1. The Balaban J connectivity index is 1.88. The molecular formula is C23H21F3N2O4. The molecule has 1 aliphatic heterocycles. The Hall–Kier alpha value is -3.36. The summed E-state index contributed by atoms with van der Waals surface area (Å²) in [5.74, 6) is -3.06. The quantitative estimate of drug-likeness (QED) is 0.770. The topological polar surface area (TPSA) is 79.6 Å². The van der Waals surface area contributed by atoms with Gasteiger partial charge in [0.05, 0.1) is 18.4 Å². The normalized spacial score (nSPS) is 22.8. The van der Waals surface area contributed by atoms with Crippen molar-refractivity contribution in [2.75, 3.05) is 0 Å². The maximum Gasteiger partial charge on any atom is 0.425 e. The lowest BCUT2D eigenvalue weighted by Crippen LogP contribution is -2.66.